The molecule has 112 valence electrons. The standard InChI is InChI=1S/C15H16ClNO2S2/c1-11(21(19)10-13-7-8-14(16)20-13)15(18)17-9-12-5-3-2-4-6-12/h2-8,11H,9-10H2,1H3,(H,17,18)/t11-,21-/m0/s1. The molecule has 0 unspecified atom stereocenters. The van der Waals surface area contributed by atoms with E-state index in [1.807, 2.05) is 36.4 Å². The van der Waals surface area contributed by atoms with Crippen LogP contribution >= 0.6 is 22.9 Å². The number of benzene rings is 1. The molecular weight excluding hydrogens is 326 g/mol. The van der Waals surface area contributed by atoms with Crippen molar-refractivity contribution in [2.45, 2.75) is 24.5 Å². The van der Waals surface area contributed by atoms with Gasteiger partial charge in [-0.3, -0.25) is 9.00 Å². The van der Waals surface area contributed by atoms with Crippen LogP contribution in [0.25, 0.3) is 0 Å². The largest absolute Gasteiger partial charge is 0.351 e. The smallest absolute Gasteiger partial charge is 0.235 e. The first-order valence-electron chi connectivity index (χ1n) is 6.49. The third kappa shape index (κ3) is 4.95. The van der Waals surface area contributed by atoms with E-state index in [1.54, 1.807) is 13.0 Å². The van der Waals surface area contributed by atoms with Crippen LogP contribution in [0.3, 0.4) is 0 Å². The van der Waals surface area contributed by atoms with E-state index in [0.717, 1.165) is 10.4 Å². The fourth-order valence-corrected chi connectivity index (χ4v) is 4.16. The van der Waals surface area contributed by atoms with Crippen LogP contribution in [0, 0.1) is 0 Å². The van der Waals surface area contributed by atoms with Gasteiger partial charge in [-0.25, -0.2) is 0 Å². The Bertz CT molecular complexity index is 628. The fourth-order valence-electron chi connectivity index (χ4n) is 1.74. The van der Waals surface area contributed by atoms with Crippen LogP contribution < -0.4 is 5.32 Å². The Hall–Kier alpha value is -1.17. The zero-order valence-electron chi connectivity index (χ0n) is 11.5. The van der Waals surface area contributed by atoms with Crippen molar-refractivity contribution in [3.63, 3.8) is 0 Å². The van der Waals surface area contributed by atoms with Gasteiger partial charge in [-0.15, -0.1) is 11.3 Å². The lowest BCUT2D eigenvalue weighted by molar-refractivity contribution is -0.120. The molecule has 0 aliphatic carbocycles. The highest BCUT2D eigenvalue weighted by molar-refractivity contribution is 7.85. The summed E-state index contributed by atoms with van der Waals surface area (Å²) in [6.45, 7) is 2.14. The van der Waals surface area contributed by atoms with Gasteiger partial charge in [0.2, 0.25) is 5.91 Å². The van der Waals surface area contributed by atoms with Crippen molar-refractivity contribution in [1.29, 1.82) is 0 Å². The monoisotopic (exact) mass is 341 g/mol. The van der Waals surface area contributed by atoms with Crippen LogP contribution in [0.1, 0.15) is 17.4 Å². The van der Waals surface area contributed by atoms with Gasteiger partial charge < -0.3 is 5.32 Å². The van der Waals surface area contributed by atoms with Gasteiger partial charge >= 0.3 is 0 Å². The lowest BCUT2D eigenvalue weighted by Crippen LogP contribution is -2.35. The first-order chi connectivity index (χ1) is 10.1. The molecular formula is C15H16ClNO2S2. The highest BCUT2D eigenvalue weighted by Crippen LogP contribution is 2.23. The van der Waals surface area contributed by atoms with Gasteiger partial charge in [0, 0.05) is 22.2 Å². The van der Waals surface area contributed by atoms with Gasteiger partial charge in [-0.2, -0.15) is 0 Å². The minimum atomic E-state index is -1.25. The molecule has 2 atom stereocenters. The Morgan fingerprint density at radius 1 is 1.29 bits per heavy atom. The molecule has 1 N–H and O–H groups in total. The molecule has 0 aliphatic rings. The van der Waals surface area contributed by atoms with Crippen LogP contribution in [-0.4, -0.2) is 15.4 Å². The number of hydrogen-bond donors (Lipinski definition) is 1. The lowest BCUT2D eigenvalue weighted by atomic mass is 10.2. The molecule has 2 aromatic rings. The van der Waals surface area contributed by atoms with E-state index in [0.29, 0.717) is 16.6 Å². The Kier molecular flexibility index (Phi) is 5.96. The van der Waals surface area contributed by atoms with Crippen molar-refractivity contribution in [3.8, 4) is 0 Å². The SMILES string of the molecule is C[C@@H](C(=O)NCc1ccccc1)[S@@](=O)Cc1ccc(Cl)s1. The third-order valence-corrected chi connectivity index (χ3v) is 6.00. The van der Waals surface area contributed by atoms with Gasteiger partial charge in [0.1, 0.15) is 5.25 Å². The number of nitrogens with one attached hydrogen (secondary N) is 1. The summed E-state index contributed by atoms with van der Waals surface area (Å²) in [4.78, 5) is 13.0. The van der Waals surface area contributed by atoms with Crippen molar-refractivity contribution < 1.29 is 9.00 Å². The second-order valence-electron chi connectivity index (χ2n) is 4.58. The maximum Gasteiger partial charge on any atom is 0.235 e. The second kappa shape index (κ2) is 7.73. The van der Waals surface area contributed by atoms with E-state index in [9.17, 15) is 9.00 Å². The Morgan fingerprint density at radius 3 is 2.62 bits per heavy atom. The van der Waals surface area contributed by atoms with E-state index < -0.39 is 16.0 Å². The maximum absolute atomic E-state index is 12.2. The minimum absolute atomic E-state index is 0.195. The summed E-state index contributed by atoms with van der Waals surface area (Å²) < 4.78 is 12.9. The van der Waals surface area contributed by atoms with E-state index >= 15 is 0 Å². The van der Waals surface area contributed by atoms with Gasteiger partial charge in [-0.1, -0.05) is 41.9 Å². The predicted molar refractivity (Wildman–Crippen MR) is 88.9 cm³/mol. The van der Waals surface area contributed by atoms with Crippen molar-refractivity contribution in [2.75, 3.05) is 0 Å². The summed E-state index contributed by atoms with van der Waals surface area (Å²) in [6, 6.07) is 13.3. The topological polar surface area (TPSA) is 46.2 Å². The highest BCUT2D eigenvalue weighted by atomic mass is 35.5. The number of carbonyl (C=O) groups excluding carboxylic acids is 1. The van der Waals surface area contributed by atoms with Crippen molar-refractivity contribution in [2.24, 2.45) is 0 Å². The highest BCUT2D eigenvalue weighted by Gasteiger charge is 2.20. The molecule has 6 heteroatoms. The minimum Gasteiger partial charge on any atom is -0.351 e. The Morgan fingerprint density at radius 2 is 2.00 bits per heavy atom. The lowest BCUT2D eigenvalue weighted by Gasteiger charge is -2.11. The Balaban J connectivity index is 1.85. The molecule has 21 heavy (non-hydrogen) atoms. The van der Waals surface area contributed by atoms with Gasteiger partial charge in [-0.05, 0) is 24.6 Å². The number of halogens is 1. The molecule has 1 aromatic carbocycles. The molecule has 0 radical (unpaired) electrons. The van der Waals surface area contributed by atoms with Crippen molar-refractivity contribution in [3.05, 3.63) is 57.2 Å². The third-order valence-electron chi connectivity index (χ3n) is 2.99. The van der Waals surface area contributed by atoms with Crippen molar-refractivity contribution >= 4 is 39.6 Å². The second-order valence-corrected chi connectivity index (χ2v) is 8.13. The molecule has 1 amide bonds. The summed E-state index contributed by atoms with van der Waals surface area (Å²) in [5.41, 5.74) is 1.02. The quantitative estimate of drug-likeness (QED) is 0.875. The number of amides is 1. The first-order valence-corrected chi connectivity index (χ1v) is 9.07. The number of rotatable bonds is 6. The fraction of sp³-hybridized carbons (Fsp3) is 0.267. The van der Waals surface area contributed by atoms with Gasteiger partial charge in [0.15, 0.2) is 0 Å². The summed E-state index contributed by atoms with van der Waals surface area (Å²) in [6.07, 6.45) is 0. The van der Waals surface area contributed by atoms with Crippen LogP contribution in [0.4, 0.5) is 0 Å². The van der Waals surface area contributed by atoms with Crippen LogP contribution in [0.2, 0.25) is 4.34 Å². The molecule has 3 nitrogen and oxygen atoms in total. The van der Waals surface area contributed by atoms with Crippen LogP contribution in [0.15, 0.2) is 42.5 Å². The average molecular weight is 342 g/mol. The summed E-state index contributed by atoms with van der Waals surface area (Å²) >= 11 is 7.24. The normalized spacial score (nSPS) is 13.6. The van der Waals surface area contributed by atoms with E-state index in [2.05, 4.69) is 5.32 Å². The van der Waals surface area contributed by atoms with Gasteiger partial charge in [0.05, 0.1) is 10.1 Å². The molecule has 0 aliphatic heterocycles. The first kappa shape index (κ1) is 16.2. The number of thiophene rings is 1. The van der Waals surface area contributed by atoms with E-state index in [-0.39, 0.29) is 5.91 Å². The average Bonchev–Trinajstić information content (AvgIpc) is 2.90. The van der Waals surface area contributed by atoms with Crippen molar-refractivity contribution in [1.82, 2.24) is 5.32 Å². The Labute approximate surface area is 135 Å². The molecule has 0 spiro atoms. The molecule has 2 rings (SSSR count). The zero-order chi connectivity index (χ0) is 15.2. The van der Waals surface area contributed by atoms with E-state index in [4.69, 9.17) is 11.6 Å². The van der Waals surface area contributed by atoms with Crippen LogP contribution in [-0.2, 0) is 27.9 Å². The number of hydrogen-bond acceptors (Lipinski definition) is 3. The molecule has 0 saturated heterocycles. The molecule has 0 saturated carbocycles. The summed E-state index contributed by atoms with van der Waals surface area (Å²) in [5.74, 6) is 0.164. The zero-order valence-corrected chi connectivity index (χ0v) is 13.9. The predicted octanol–water partition coefficient (Wildman–Crippen LogP) is 3.36. The summed E-state index contributed by atoms with van der Waals surface area (Å²) in [5, 5.41) is 2.27. The molecule has 1 aromatic heterocycles. The summed E-state index contributed by atoms with van der Waals surface area (Å²) in [7, 11) is -1.25. The molecule has 1 heterocycles. The number of carbonyl (C=O) groups is 1. The van der Waals surface area contributed by atoms with Crippen LogP contribution in [0.5, 0.6) is 0 Å². The molecule has 0 bridgehead atoms. The van der Waals surface area contributed by atoms with Gasteiger partial charge in [0.25, 0.3) is 0 Å². The van der Waals surface area contributed by atoms with E-state index in [1.165, 1.54) is 11.3 Å². The molecule has 0 fully saturated rings. The maximum atomic E-state index is 12.2.